The van der Waals surface area contributed by atoms with Crippen LogP contribution in [0.3, 0.4) is 0 Å². The van der Waals surface area contributed by atoms with Crippen molar-refractivity contribution in [2.75, 3.05) is 18.4 Å². The van der Waals surface area contributed by atoms with Gasteiger partial charge in [-0.25, -0.2) is 4.79 Å². The maximum Gasteiger partial charge on any atom is 0.321 e. The van der Waals surface area contributed by atoms with Crippen molar-refractivity contribution >= 4 is 11.7 Å². The molecule has 1 aromatic carbocycles. The van der Waals surface area contributed by atoms with E-state index in [2.05, 4.69) is 5.32 Å². The van der Waals surface area contributed by atoms with Gasteiger partial charge in [0.15, 0.2) is 0 Å². The fourth-order valence-electron chi connectivity index (χ4n) is 2.23. The highest BCUT2D eigenvalue weighted by molar-refractivity contribution is 5.89. The molecule has 0 bridgehead atoms. The fraction of sp³-hybridized carbons (Fsp3) is 0.429. The summed E-state index contributed by atoms with van der Waals surface area (Å²) >= 11 is 0. The molecular formula is C14H17N3O2. The number of carbonyl (C=O) groups excluding carboxylic acids is 1. The molecule has 1 aliphatic rings. The second-order valence-electron chi connectivity index (χ2n) is 4.86. The van der Waals surface area contributed by atoms with Crippen molar-refractivity contribution in [1.82, 2.24) is 4.90 Å². The van der Waals surface area contributed by atoms with E-state index in [1.165, 1.54) is 0 Å². The van der Waals surface area contributed by atoms with Crippen molar-refractivity contribution in [3.05, 3.63) is 29.8 Å². The van der Waals surface area contributed by atoms with Crippen LogP contribution in [0, 0.1) is 17.2 Å². The van der Waals surface area contributed by atoms with Crippen LogP contribution in [0.1, 0.15) is 18.9 Å². The Hall–Kier alpha value is -2.06. The minimum atomic E-state index is -0.389. The van der Waals surface area contributed by atoms with E-state index >= 15 is 0 Å². The van der Waals surface area contributed by atoms with Gasteiger partial charge in [-0.3, -0.25) is 0 Å². The first-order valence-corrected chi connectivity index (χ1v) is 6.34. The highest BCUT2D eigenvalue weighted by Gasteiger charge is 2.28. The average Bonchev–Trinajstić information content (AvgIpc) is 2.89. The minimum Gasteiger partial charge on any atom is -0.393 e. The lowest BCUT2D eigenvalue weighted by molar-refractivity contribution is 0.130. The smallest absolute Gasteiger partial charge is 0.321 e. The number of aliphatic hydroxyl groups is 1. The van der Waals surface area contributed by atoms with Crippen molar-refractivity contribution < 1.29 is 9.90 Å². The molecule has 2 amide bonds. The fourth-order valence-corrected chi connectivity index (χ4v) is 2.23. The van der Waals surface area contributed by atoms with Gasteiger partial charge in [0.25, 0.3) is 0 Å². The number of carbonyl (C=O) groups is 1. The third kappa shape index (κ3) is 3.24. The SMILES string of the molecule is CC(O)C1CCN(C(=O)Nc2cccc(C#N)c2)C1. The van der Waals surface area contributed by atoms with Crippen molar-refractivity contribution in [3.8, 4) is 6.07 Å². The van der Waals surface area contributed by atoms with Gasteiger partial charge in [-0.2, -0.15) is 5.26 Å². The Morgan fingerprint density at radius 2 is 2.42 bits per heavy atom. The van der Waals surface area contributed by atoms with Crippen LogP contribution in [0.4, 0.5) is 10.5 Å². The maximum atomic E-state index is 12.0. The van der Waals surface area contributed by atoms with E-state index < -0.39 is 0 Å². The molecule has 5 heteroatoms. The van der Waals surface area contributed by atoms with Gasteiger partial charge in [0.1, 0.15) is 0 Å². The summed E-state index contributed by atoms with van der Waals surface area (Å²) in [5.41, 5.74) is 1.13. The number of anilines is 1. The first kappa shape index (κ1) is 13.4. The van der Waals surface area contributed by atoms with E-state index in [-0.39, 0.29) is 18.1 Å². The minimum absolute atomic E-state index is 0.149. The Bertz CT molecular complexity index is 508. The number of hydrogen-bond acceptors (Lipinski definition) is 3. The third-order valence-electron chi connectivity index (χ3n) is 3.44. The summed E-state index contributed by atoms with van der Waals surface area (Å²) in [4.78, 5) is 13.7. The van der Waals surface area contributed by atoms with Crippen molar-refractivity contribution in [3.63, 3.8) is 0 Å². The van der Waals surface area contributed by atoms with E-state index in [1.54, 1.807) is 36.1 Å². The van der Waals surface area contributed by atoms with Crippen LogP contribution in [0.25, 0.3) is 0 Å². The Morgan fingerprint density at radius 1 is 1.63 bits per heavy atom. The summed E-state index contributed by atoms with van der Waals surface area (Å²) in [5.74, 6) is 0.149. The Kier molecular flexibility index (Phi) is 4.03. The quantitative estimate of drug-likeness (QED) is 0.850. The zero-order valence-corrected chi connectivity index (χ0v) is 10.8. The van der Waals surface area contributed by atoms with Gasteiger partial charge in [0, 0.05) is 24.7 Å². The normalized spacial score (nSPS) is 19.8. The van der Waals surface area contributed by atoms with E-state index in [4.69, 9.17) is 5.26 Å². The molecule has 1 heterocycles. The number of hydrogen-bond donors (Lipinski definition) is 2. The summed E-state index contributed by atoms with van der Waals surface area (Å²) in [7, 11) is 0. The number of nitrogens with zero attached hydrogens (tertiary/aromatic N) is 2. The molecule has 19 heavy (non-hydrogen) atoms. The first-order valence-electron chi connectivity index (χ1n) is 6.34. The number of urea groups is 1. The monoisotopic (exact) mass is 259 g/mol. The predicted octanol–water partition coefficient (Wildman–Crippen LogP) is 1.79. The summed E-state index contributed by atoms with van der Waals surface area (Å²) in [5, 5.41) is 21.1. The Balaban J connectivity index is 1.96. The summed E-state index contributed by atoms with van der Waals surface area (Å²) in [6.07, 6.45) is 0.434. The highest BCUT2D eigenvalue weighted by Crippen LogP contribution is 2.20. The van der Waals surface area contributed by atoms with Gasteiger partial charge >= 0.3 is 6.03 Å². The Labute approximate surface area is 112 Å². The molecule has 2 atom stereocenters. The standard InChI is InChI=1S/C14H17N3O2/c1-10(18)12-5-6-17(9-12)14(19)16-13-4-2-3-11(7-13)8-15/h2-4,7,10,12,18H,5-6,9H2,1H3,(H,16,19). The van der Waals surface area contributed by atoms with Crippen molar-refractivity contribution in [2.24, 2.45) is 5.92 Å². The molecule has 0 radical (unpaired) electrons. The third-order valence-corrected chi connectivity index (χ3v) is 3.44. The van der Waals surface area contributed by atoms with Crippen LogP contribution in [-0.4, -0.2) is 35.2 Å². The predicted molar refractivity (Wildman–Crippen MR) is 71.5 cm³/mol. The van der Waals surface area contributed by atoms with E-state index in [0.29, 0.717) is 24.3 Å². The van der Waals surface area contributed by atoms with Crippen molar-refractivity contribution in [1.29, 1.82) is 5.26 Å². The number of likely N-dealkylation sites (tertiary alicyclic amines) is 1. The molecule has 2 N–H and O–H groups in total. The topological polar surface area (TPSA) is 76.4 Å². The van der Waals surface area contributed by atoms with Crippen LogP contribution in [0.15, 0.2) is 24.3 Å². The van der Waals surface area contributed by atoms with Crippen molar-refractivity contribution in [2.45, 2.75) is 19.4 Å². The van der Waals surface area contributed by atoms with Gasteiger partial charge in [-0.1, -0.05) is 6.07 Å². The van der Waals surface area contributed by atoms with E-state index in [0.717, 1.165) is 6.42 Å². The maximum absolute atomic E-state index is 12.0. The Morgan fingerprint density at radius 3 is 3.05 bits per heavy atom. The van der Waals surface area contributed by atoms with Crippen LogP contribution >= 0.6 is 0 Å². The molecule has 1 aliphatic heterocycles. The molecule has 5 nitrogen and oxygen atoms in total. The van der Waals surface area contributed by atoms with Gasteiger partial charge in [-0.15, -0.1) is 0 Å². The summed E-state index contributed by atoms with van der Waals surface area (Å²) in [6, 6.07) is 8.66. The number of benzene rings is 1. The number of rotatable bonds is 2. The molecule has 0 aliphatic carbocycles. The van der Waals surface area contributed by atoms with E-state index in [9.17, 15) is 9.90 Å². The van der Waals surface area contributed by atoms with Crippen LogP contribution in [0.2, 0.25) is 0 Å². The molecule has 2 unspecified atom stereocenters. The molecule has 0 saturated carbocycles. The summed E-state index contributed by atoms with van der Waals surface area (Å²) in [6.45, 7) is 2.98. The lowest BCUT2D eigenvalue weighted by atomic mass is 10.0. The summed E-state index contributed by atoms with van der Waals surface area (Å²) < 4.78 is 0. The van der Waals surface area contributed by atoms with Crippen LogP contribution < -0.4 is 5.32 Å². The second kappa shape index (κ2) is 5.72. The van der Waals surface area contributed by atoms with Crippen LogP contribution in [0.5, 0.6) is 0 Å². The van der Waals surface area contributed by atoms with Gasteiger partial charge in [0.2, 0.25) is 0 Å². The lowest BCUT2D eigenvalue weighted by Gasteiger charge is -2.18. The number of nitriles is 1. The lowest BCUT2D eigenvalue weighted by Crippen LogP contribution is -2.34. The molecule has 100 valence electrons. The van der Waals surface area contributed by atoms with Gasteiger partial charge < -0.3 is 15.3 Å². The molecule has 1 fully saturated rings. The zero-order chi connectivity index (χ0) is 13.8. The van der Waals surface area contributed by atoms with Crippen LogP contribution in [-0.2, 0) is 0 Å². The number of aliphatic hydroxyl groups excluding tert-OH is 1. The second-order valence-corrected chi connectivity index (χ2v) is 4.86. The average molecular weight is 259 g/mol. The molecule has 0 aromatic heterocycles. The molecule has 0 spiro atoms. The molecule has 1 aromatic rings. The largest absolute Gasteiger partial charge is 0.393 e. The van der Waals surface area contributed by atoms with Gasteiger partial charge in [0.05, 0.1) is 17.7 Å². The number of nitrogens with one attached hydrogen (secondary N) is 1. The zero-order valence-electron chi connectivity index (χ0n) is 10.8. The van der Waals surface area contributed by atoms with Gasteiger partial charge in [-0.05, 0) is 31.5 Å². The highest BCUT2D eigenvalue weighted by atomic mass is 16.3. The first-order chi connectivity index (χ1) is 9.10. The molecule has 2 rings (SSSR count). The van der Waals surface area contributed by atoms with E-state index in [1.807, 2.05) is 6.07 Å². The number of amides is 2. The molecular weight excluding hydrogens is 242 g/mol. The molecule has 1 saturated heterocycles.